The van der Waals surface area contributed by atoms with Crippen molar-refractivity contribution in [3.8, 4) is 0 Å². The van der Waals surface area contributed by atoms with Gasteiger partial charge in [0.1, 0.15) is 0 Å². The first kappa shape index (κ1) is 14.7. The molecule has 0 aliphatic heterocycles. The van der Waals surface area contributed by atoms with Gasteiger partial charge in [0.15, 0.2) is 0 Å². The Bertz CT molecular complexity index is 373. The fourth-order valence-electron chi connectivity index (χ4n) is 1.68. The maximum absolute atomic E-state index is 10.7. The zero-order chi connectivity index (χ0) is 13.5. The molecule has 2 N–H and O–H groups in total. The monoisotopic (exact) mass is 251 g/mol. The molecular formula is C14H21NO3. The van der Waals surface area contributed by atoms with Gasteiger partial charge >= 0.3 is 5.97 Å². The Balaban J connectivity index is 2.54. The van der Waals surface area contributed by atoms with Crippen molar-refractivity contribution in [1.82, 2.24) is 5.32 Å². The number of hydrogen-bond donors (Lipinski definition) is 2. The van der Waals surface area contributed by atoms with E-state index in [4.69, 9.17) is 9.84 Å². The largest absolute Gasteiger partial charge is 0.478 e. The van der Waals surface area contributed by atoms with Crippen molar-refractivity contribution in [2.75, 3.05) is 13.7 Å². The van der Waals surface area contributed by atoms with Gasteiger partial charge in [0.25, 0.3) is 0 Å². The van der Waals surface area contributed by atoms with Crippen LogP contribution in [0.1, 0.15) is 29.8 Å². The minimum Gasteiger partial charge on any atom is -0.478 e. The van der Waals surface area contributed by atoms with Crippen LogP contribution in [-0.2, 0) is 11.3 Å². The standard InChI is InChI=1S/C14H21NO3/c1-10(2)13(9-18-3)15-8-11-4-6-12(7-5-11)14(16)17/h4-7,10,13,15H,8-9H2,1-3H3,(H,16,17). The lowest BCUT2D eigenvalue weighted by atomic mass is 10.0. The molecule has 4 heteroatoms. The molecule has 18 heavy (non-hydrogen) atoms. The molecule has 1 atom stereocenters. The highest BCUT2D eigenvalue weighted by Gasteiger charge is 2.12. The lowest BCUT2D eigenvalue weighted by Gasteiger charge is -2.21. The number of nitrogens with one attached hydrogen (secondary N) is 1. The Kier molecular flexibility index (Phi) is 5.82. The van der Waals surface area contributed by atoms with Crippen molar-refractivity contribution < 1.29 is 14.6 Å². The second-order valence-corrected chi connectivity index (χ2v) is 4.69. The molecule has 1 aromatic rings. The van der Waals surface area contributed by atoms with Crippen LogP contribution in [0.2, 0.25) is 0 Å². The Morgan fingerprint density at radius 2 is 1.94 bits per heavy atom. The maximum atomic E-state index is 10.7. The number of carbonyl (C=O) groups is 1. The molecule has 0 amide bonds. The fourth-order valence-corrected chi connectivity index (χ4v) is 1.68. The van der Waals surface area contributed by atoms with E-state index >= 15 is 0 Å². The normalized spacial score (nSPS) is 12.7. The summed E-state index contributed by atoms with van der Waals surface area (Å²) in [4.78, 5) is 10.7. The Hall–Kier alpha value is -1.39. The van der Waals surface area contributed by atoms with Gasteiger partial charge in [0, 0.05) is 19.7 Å². The van der Waals surface area contributed by atoms with Gasteiger partial charge in [0.2, 0.25) is 0 Å². The van der Waals surface area contributed by atoms with E-state index in [0.717, 1.165) is 5.56 Å². The Morgan fingerprint density at radius 3 is 2.39 bits per heavy atom. The van der Waals surface area contributed by atoms with E-state index in [2.05, 4.69) is 19.2 Å². The number of ether oxygens (including phenoxy) is 1. The third kappa shape index (κ3) is 4.47. The topological polar surface area (TPSA) is 58.6 Å². The predicted octanol–water partition coefficient (Wildman–Crippen LogP) is 2.15. The van der Waals surface area contributed by atoms with Crippen molar-refractivity contribution in [3.63, 3.8) is 0 Å². The second-order valence-electron chi connectivity index (χ2n) is 4.69. The highest BCUT2D eigenvalue weighted by atomic mass is 16.5. The van der Waals surface area contributed by atoms with E-state index in [-0.39, 0.29) is 0 Å². The van der Waals surface area contributed by atoms with Gasteiger partial charge in [0.05, 0.1) is 12.2 Å². The lowest BCUT2D eigenvalue weighted by Crippen LogP contribution is -2.37. The van der Waals surface area contributed by atoms with Crippen LogP contribution < -0.4 is 5.32 Å². The van der Waals surface area contributed by atoms with Crippen molar-refractivity contribution >= 4 is 5.97 Å². The van der Waals surface area contributed by atoms with Crippen LogP contribution >= 0.6 is 0 Å². The van der Waals surface area contributed by atoms with Crippen LogP contribution in [0.4, 0.5) is 0 Å². The van der Waals surface area contributed by atoms with E-state index in [9.17, 15) is 4.79 Å². The summed E-state index contributed by atoms with van der Waals surface area (Å²) in [5.74, 6) is -0.405. The second kappa shape index (κ2) is 7.13. The highest BCUT2D eigenvalue weighted by Crippen LogP contribution is 2.07. The number of methoxy groups -OCH3 is 1. The molecule has 0 aromatic heterocycles. The summed E-state index contributed by atoms with van der Waals surface area (Å²) >= 11 is 0. The highest BCUT2D eigenvalue weighted by molar-refractivity contribution is 5.87. The van der Waals surface area contributed by atoms with E-state index in [1.807, 2.05) is 12.1 Å². The quantitative estimate of drug-likeness (QED) is 0.779. The molecular weight excluding hydrogens is 230 g/mol. The Morgan fingerprint density at radius 1 is 1.33 bits per heavy atom. The minimum absolute atomic E-state index is 0.300. The molecule has 100 valence electrons. The summed E-state index contributed by atoms with van der Waals surface area (Å²) < 4.78 is 5.16. The van der Waals surface area contributed by atoms with Crippen molar-refractivity contribution in [2.45, 2.75) is 26.4 Å². The lowest BCUT2D eigenvalue weighted by molar-refractivity contribution is 0.0697. The summed E-state index contributed by atoms with van der Waals surface area (Å²) in [5, 5.41) is 12.2. The van der Waals surface area contributed by atoms with Crippen LogP contribution in [-0.4, -0.2) is 30.8 Å². The minimum atomic E-state index is -0.894. The third-order valence-corrected chi connectivity index (χ3v) is 2.92. The molecule has 0 heterocycles. The average Bonchev–Trinajstić information content (AvgIpc) is 2.34. The van der Waals surface area contributed by atoms with E-state index in [0.29, 0.717) is 30.7 Å². The molecule has 0 spiro atoms. The van der Waals surface area contributed by atoms with Gasteiger partial charge in [-0.3, -0.25) is 0 Å². The van der Waals surface area contributed by atoms with Gasteiger partial charge in [-0.2, -0.15) is 0 Å². The molecule has 0 radical (unpaired) electrons. The SMILES string of the molecule is COCC(NCc1ccc(C(=O)O)cc1)C(C)C. The van der Waals surface area contributed by atoms with E-state index in [1.165, 1.54) is 0 Å². The van der Waals surface area contributed by atoms with Crippen LogP contribution in [0.5, 0.6) is 0 Å². The number of aromatic carboxylic acids is 1. The predicted molar refractivity (Wildman–Crippen MR) is 70.7 cm³/mol. The summed E-state index contributed by atoms with van der Waals surface area (Å²) in [5.41, 5.74) is 1.39. The van der Waals surface area contributed by atoms with E-state index < -0.39 is 5.97 Å². The van der Waals surface area contributed by atoms with Gasteiger partial charge < -0.3 is 15.2 Å². The molecule has 0 aliphatic rings. The van der Waals surface area contributed by atoms with Crippen molar-refractivity contribution in [2.24, 2.45) is 5.92 Å². The molecule has 0 saturated carbocycles. The number of hydrogen-bond acceptors (Lipinski definition) is 3. The summed E-state index contributed by atoms with van der Waals surface area (Å²) in [7, 11) is 1.69. The molecule has 0 fully saturated rings. The molecule has 1 unspecified atom stereocenters. The zero-order valence-electron chi connectivity index (χ0n) is 11.1. The number of carboxylic acid groups (broad SMARTS) is 1. The summed E-state index contributed by atoms with van der Waals surface area (Å²) in [6, 6.07) is 7.22. The number of rotatable bonds is 7. The zero-order valence-corrected chi connectivity index (χ0v) is 11.1. The first-order chi connectivity index (χ1) is 8.54. The molecule has 1 rings (SSSR count). The van der Waals surface area contributed by atoms with Crippen molar-refractivity contribution in [1.29, 1.82) is 0 Å². The Labute approximate surface area is 108 Å². The molecule has 0 saturated heterocycles. The fraction of sp³-hybridized carbons (Fsp3) is 0.500. The van der Waals surface area contributed by atoms with Gasteiger partial charge in [-0.15, -0.1) is 0 Å². The molecule has 0 aliphatic carbocycles. The van der Waals surface area contributed by atoms with Crippen LogP contribution in [0.25, 0.3) is 0 Å². The van der Waals surface area contributed by atoms with Crippen molar-refractivity contribution in [3.05, 3.63) is 35.4 Å². The third-order valence-electron chi connectivity index (χ3n) is 2.92. The summed E-state index contributed by atoms with van der Waals surface area (Å²) in [6.45, 7) is 5.67. The van der Waals surface area contributed by atoms with E-state index in [1.54, 1.807) is 19.2 Å². The molecule has 1 aromatic carbocycles. The smallest absolute Gasteiger partial charge is 0.335 e. The van der Waals surface area contributed by atoms with Gasteiger partial charge in [-0.05, 0) is 23.6 Å². The number of carboxylic acids is 1. The van der Waals surface area contributed by atoms with Crippen LogP contribution in [0.15, 0.2) is 24.3 Å². The summed E-state index contributed by atoms with van der Waals surface area (Å²) in [6.07, 6.45) is 0. The van der Waals surface area contributed by atoms with Crippen LogP contribution in [0.3, 0.4) is 0 Å². The maximum Gasteiger partial charge on any atom is 0.335 e. The molecule has 0 bridgehead atoms. The van der Waals surface area contributed by atoms with Gasteiger partial charge in [-0.1, -0.05) is 26.0 Å². The first-order valence-corrected chi connectivity index (χ1v) is 6.09. The van der Waals surface area contributed by atoms with Gasteiger partial charge in [-0.25, -0.2) is 4.79 Å². The number of benzene rings is 1. The van der Waals surface area contributed by atoms with Crippen LogP contribution in [0, 0.1) is 5.92 Å². The molecule has 4 nitrogen and oxygen atoms in total. The average molecular weight is 251 g/mol. The first-order valence-electron chi connectivity index (χ1n) is 6.09.